The van der Waals surface area contributed by atoms with Gasteiger partial charge in [-0.25, -0.2) is 9.97 Å². The lowest BCUT2D eigenvalue weighted by molar-refractivity contribution is 0.102. The first-order valence-electron chi connectivity index (χ1n) is 10.6. The molecule has 8 heteroatoms. The first-order valence-corrected chi connectivity index (χ1v) is 10.6. The Morgan fingerprint density at radius 3 is 2.90 bits per heavy atom. The maximum atomic E-state index is 13.0. The Kier molecular flexibility index (Phi) is 6.57. The molecule has 3 heterocycles. The lowest BCUT2D eigenvalue weighted by Gasteiger charge is -2.16. The molecule has 162 valence electrons. The number of benzene rings is 1. The minimum atomic E-state index is -0.319. The molecule has 0 radical (unpaired) electrons. The number of fused-ring (bicyclic) bond motifs is 2. The molecule has 0 atom stereocenters. The van der Waals surface area contributed by atoms with E-state index >= 15 is 0 Å². The highest BCUT2D eigenvalue weighted by Crippen LogP contribution is 2.22. The second kappa shape index (κ2) is 9.70. The largest absolute Gasteiger partial charge is 0.474 e. The van der Waals surface area contributed by atoms with Gasteiger partial charge in [-0.15, -0.1) is 0 Å². The van der Waals surface area contributed by atoms with Gasteiger partial charge < -0.3 is 14.8 Å². The molecule has 3 aromatic rings. The van der Waals surface area contributed by atoms with Crippen molar-refractivity contribution >= 4 is 22.5 Å². The van der Waals surface area contributed by atoms with Crippen LogP contribution in [0, 0.1) is 0 Å². The van der Waals surface area contributed by atoms with Gasteiger partial charge in [0, 0.05) is 31.8 Å². The summed E-state index contributed by atoms with van der Waals surface area (Å²) in [6.07, 6.45) is 6.66. The second-order valence-electron chi connectivity index (χ2n) is 7.53. The van der Waals surface area contributed by atoms with Crippen LogP contribution in [0.15, 0.2) is 41.3 Å². The van der Waals surface area contributed by atoms with Crippen LogP contribution in [0.3, 0.4) is 0 Å². The van der Waals surface area contributed by atoms with Crippen molar-refractivity contribution < 1.29 is 14.3 Å². The van der Waals surface area contributed by atoms with Crippen LogP contribution in [0.2, 0.25) is 0 Å². The molecule has 0 aliphatic carbocycles. The molecular formula is C23H26N4O4. The fraction of sp³-hybridized carbons (Fsp3) is 0.391. The van der Waals surface area contributed by atoms with Crippen LogP contribution in [0.1, 0.15) is 41.9 Å². The van der Waals surface area contributed by atoms with Crippen LogP contribution in [0.5, 0.6) is 5.88 Å². The van der Waals surface area contributed by atoms with Crippen LogP contribution in [-0.4, -0.2) is 40.8 Å². The first kappa shape index (κ1) is 21.0. The summed E-state index contributed by atoms with van der Waals surface area (Å²) in [6.45, 7) is 1.44. The highest BCUT2D eigenvalue weighted by molar-refractivity contribution is 6.06. The molecule has 0 saturated heterocycles. The smallest absolute Gasteiger partial charge is 0.261 e. The van der Waals surface area contributed by atoms with Crippen molar-refractivity contribution in [2.24, 2.45) is 0 Å². The van der Waals surface area contributed by atoms with Crippen molar-refractivity contribution in [3.8, 4) is 5.88 Å². The van der Waals surface area contributed by atoms with Gasteiger partial charge in [-0.1, -0.05) is 12.8 Å². The van der Waals surface area contributed by atoms with Gasteiger partial charge in [0.2, 0.25) is 5.88 Å². The number of anilines is 1. The lowest BCUT2D eigenvalue weighted by atomic mass is 10.1. The third kappa shape index (κ3) is 4.74. The molecule has 31 heavy (non-hydrogen) atoms. The van der Waals surface area contributed by atoms with Crippen molar-refractivity contribution in [3.63, 3.8) is 0 Å². The SMILES string of the molecule is COCCOc1ncccc1NC(=O)c1ccc2c(=O)n3c(nc2c1)CCCCCC3. The zero-order chi connectivity index (χ0) is 21.6. The minimum absolute atomic E-state index is 0.0325. The summed E-state index contributed by atoms with van der Waals surface area (Å²) in [5, 5.41) is 3.37. The summed E-state index contributed by atoms with van der Waals surface area (Å²) >= 11 is 0. The third-order valence-electron chi connectivity index (χ3n) is 5.37. The Balaban J connectivity index is 1.61. The van der Waals surface area contributed by atoms with E-state index in [1.54, 1.807) is 48.2 Å². The number of nitrogens with one attached hydrogen (secondary N) is 1. The maximum Gasteiger partial charge on any atom is 0.261 e. The van der Waals surface area contributed by atoms with Gasteiger partial charge in [-0.05, 0) is 43.2 Å². The minimum Gasteiger partial charge on any atom is -0.474 e. The monoisotopic (exact) mass is 422 g/mol. The van der Waals surface area contributed by atoms with Crippen LogP contribution in [-0.2, 0) is 17.7 Å². The van der Waals surface area contributed by atoms with E-state index in [-0.39, 0.29) is 11.5 Å². The molecule has 0 unspecified atom stereocenters. The molecule has 1 amide bonds. The number of aryl methyl sites for hydroxylation is 1. The molecule has 8 nitrogen and oxygen atoms in total. The Bertz CT molecular complexity index is 1140. The number of carbonyl (C=O) groups is 1. The van der Waals surface area contributed by atoms with Crippen molar-refractivity contribution in [2.45, 2.75) is 38.6 Å². The van der Waals surface area contributed by atoms with Crippen LogP contribution in [0.4, 0.5) is 5.69 Å². The van der Waals surface area contributed by atoms with Gasteiger partial charge in [-0.3, -0.25) is 14.2 Å². The van der Waals surface area contributed by atoms with E-state index in [4.69, 9.17) is 14.5 Å². The van der Waals surface area contributed by atoms with Crippen molar-refractivity contribution in [1.82, 2.24) is 14.5 Å². The van der Waals surface area contributed by atoms with Crippen LogP contribution < -0.4 is 15.6 Å². The average Bonchev–Trinajstić information content (AvgIpc) is 2.76. The normalized spacial score (nSPS) is 13.8. The van der Waals surface area contributed by atoms with Crippen LogP contribution in [0.25, 0.3) is 10.9 Å². The van der Waals surface area contributed by atoms with Crippen molar-refractivity contribution in [2.75, 3.05) is 25.6 Å². The third-order valence-corrected chi connectivity index (χ3v) is 5.37. The summed E-state index contributed by atoms with van der Waals surface area (Å²) in [4.78, 5) is 34.8. The number of hydrogen-bond acceptors (Lipinski definition) is 6. The van der Waals surface area contributed by atoms with Gasteiger partial charge in [-0.2, -0.15) is 0 Å². The molecule has 1 aromatic carbocycles. The number of amides is 1. The molecule has 0 saturated carbocycles. The zero-order valence-corrected chi connectivity index (χ0v) is 17.6. The summed E-state index contributed by atoms with van der Waals surface area (Å²) in [5.74, 6) is 0.808. The van der Waals surface area contributed by atoms with Gasteiger partial charge in [0.05, 0.1) is 17.5 Å². The van der Waals surface area contributed by atoms with Gasteiger partial charge in [0.15, 0.2) is 0 Å². The van der Waals surface area contributed by atoms with E-state index in [1.165, 1.54) is 0 Å². The molecular weight excluding hydrogens is 396 g/mol. The molecule has 1 aliphatic heterocycles. The summed E-state index contributed by atoms with van der Waals surface area (Å²) in [5.41, 5.74) is 1.40. The highest BCUT2D eigenvalue weighted by Gasteiger charge is 2.16. The quantitative estimate of drug-likeness (QED) is 0.613. The van der Waals surface area contributed by atoms with Crippen molar-refractivity contribution in [3.05, 3.63) is 58.3 Å². The number of nitrogens with zero attached hydrogens (tertiary/aromatic N) is 3. The summed E-state index contributed by atoms with van der Waals surface area (Å²) in [6, 6.07) is 8.46. The number of methoxy groups -OCH3 is 1. The lowest BCUT2D eigenvalue weighted by Crippen LogP contribution is -2.26. The Morgan fingerprint density at radius 2 is 2.03 bits per heavy atom. The summed E-state index contributed by atoms with van der Waals surface area (Å²) in [7, 11) is 1.59. The van der Waals surface area contributed by atoms with Gasteiger partial charge in [0.1, 0.15) is 18.1 Å². The van der Waals surface area contributed by atoms with E-state index in [0.29, 0.717) is 47.8 Å². The number of pyridine rings is 1. The average molecular weight is 422 g/mol. The van der Waals surface area contributed by atoms with E-state index in [2.05, 4.69) is 10.3 Å². The molecule has 1 N–H and O–H groups in total. The topological polar surface area (TPSA) is 95.3 Å². The van der Waals surface area contributed by atoms with E-state index in [9.17, 15) is 9.59 Å². The Morgan fingerprint density at radius 1 is 1.16 bits per heavy atom. The van der Waals surface area contributed by atoms with E-state index in [1.807, 2.05) is 0 Å². The number of ether oxygens (including phenoxy) is 2. The van der Waals surface area contributed by atoms with Crippen LogP contribution >= 0.6 is 0 Å². The van der Waals surface area contributed by atoms with Crippen molar-refractivity contribution in [1.29, 1.82) is 0 Å². The number of aromatic nitrogens is 3. The molecule has 0 fully saturated rings. The predicted octanol–water partition coefficient (Wildman–Crippen LogP) is 3.19. The Hall–Kier alpha value is -3.26. The van der Waals surface area contributed by atoms with E-state index in [0.717, 1.165) is 37.9 Å². The highest BCUT2D eigenvalue weighted by atomic mass is 16.5. The summed E-state index contributed by atoms with van der Waals surface area (Å²) < 4.78 is 12.4. The van der Waals surface area contributed by atoms with E-state index < -0.39 is 0 Å². The molecule has 2 aromatic heterocycles. The standard InChI is InChI=1S/C23H26N4O4/c1-30-13-14-31-22-18(7-6-11-24-22)26-21(28)16-9-10-17-19(15-16)25-20-8-4-2-3-5-12-27(20)23(17)29/h6-7,9-11,15H,2-5,8,12-14H2,1H3,(H,26,28). The molecule has 1 aliphatic rings. The Labute approximate surface area is 180 Å². The molecule has 0 bridgehead atoms. The van der Waals surface area contributed by atoms with Gasteiger partial charge in [0.25, 0.3) is 11.5 Å². The van der Waals surface area contributed by atoms with Gasteiger partial charge >= 0.3 is 0 Å². The molecule has 0 spiro atoms. The maximum absolute atomic E-state index is 13.0. The number of hydrogen-bond donors (Lipinski definition) is 1. The predicted molar refractivity (Wildman–Crippen MR) is 118 cm³/mol. The molecule has 4 rings (SSSR count). The zero-order valence-electron chi connectivity index (χ0n) is 17.6. The second-order valence-corrected chi connectivity index (χ2v) is 7.53. The number of rotatable bonds is 6. The first-order chi connectivity index (χ1) is 15.2. The fourth-order valence-electron chi connectivity index (χ4n) is 3.75. The number of carbonyl (C=O) groups excluding carboxylic acids is 1. The fourth-order valence-corrected chi connectivity index (χ4v) is 3.75.